The molecule has 1 aromatic heterocycles. The molecule has 1 aliphatic rings. The Balaban J connectivity index is 1.71. The van der Waals surface area contributed by atoms with Crippen LogP contribution in [-0.2, 0) is 29.0 Å². The Morgan fingerprint density at radius 2 is 1.93 bits per heavy atom. The van der Waals surface area contributed by atoms with Crippen molar-refractivity contribution in [2.75, 3.05) is 13.8 Å². The number of esters is 1. The van der Waals surface area contributed by atoms with Crippen molar-refractivity contribution in [3.8, 4) is 5.75 Å². The molecular weight excluding hydrogens is 389 g/mol. The normalized spacial score (nSPS) is 13.7. The van der Waals surface area contributed by atoms with Crippen LogP contribution >= 0.6 is 0 Å². The smallest absolute Gasteiger partial charge is 0.340 e. The molecule has 0 bridgehead atoms. The molecule has 1 aliphatic heterocycles. The highest BCUT2D eigenvalue weighted by Crippen LogP contribution is 2.36. The van der Waals surface area contributed by atoms with Gasteiger partial charge in [-0.15, -0.1) is 0 Å². The molecule has 0 N–H and O–H groups in total. The van der Waals surface area contributed by atoms with Crippen LogP contribution in [0.4, 0.5) is 4.39 Å². The fourth-order valence-electron chi connectivity index (χ4n) is 3.86. The summed E-state index contributed by atoms with van der Waals surface area (Å²) in [5, 5.41) is 0.775. The SMILES string of the molecule is COC(=O)Cc1c(C)c2cc3c(c(C)c2oc1=O)OCN(Cc1ccc(F)cc1)C3. The summed E-state index contributed by atoms with van der Waals surface area (Å²) in [5.41, 5.74) is 3.65. The Bertz CT molecular complexity index is 1180. The quantitative estimate of drug-likeness (QED) is 0.483. The molecule has 6 nitrogen and oxygen atoms in total. The second-order valence-electron chi connectivity index (χ2n) is 7.50. The first-order valence-electron chi connectivity index (χ1n) is 9.62. The Hall–Kier alpha value is -3.19. The van der Waals surface area contributed by atoms with Crippen molar-refractivity contribution in [1.82, 2.24) is 4.90 Å². The van der Waals surface area contributed by atoms with E-state index in [1.165, 1.54) is 19.2 Å². The third-order valence-corrected chi connectivity index (χ3v) is 5.49. The van der Waals surface area contributed by atoms with Gasteiger partial charge in [0.15, 0.2) is 0 Å². The summed E-state index contributed by atoms with van der Waals surface area (Å²) in [6.45, 7) is 5.30. The number of aryl methyl sites for hydroxylation is 2. The highest BCUT2D eigenvalue weighted by Gasteiger charge is 2.24. The maximum Gasteiger partial charge on any atom is 0.340 e. The number of halogens is 1. The van der Waals surface area contributed by atoms with Crippen molar-refractivity contribution in [2.24, 2.45) is 0 Å². The highest BCUT2D eigenvalue weighted by atomic mass is 19.1. The average molecular weight is 411 g/mol. The van der Waals surface area contributed by atoms with Crippen molar-refractivity contribution in [2.45, 2.75) is 33.4 Å². The van der Waals surface area contributed by atoms with Gasteiger partial charge in [-0.3, -0.25) is 9.69 Å². The van der Waals surface area contributed by atoms with Crippen LogP contribution < -0.4 is 10.4 Å². The minimum atomic E-state index is -0.540. The van der Waals surface area contributed by atoms with Crippen LogP contribution in [0, 0.1) is 19.7 Å². The lowest BCUT2D eigenvalue weighted by molar-refractivity contribution is -0.139. The van der Waals surface area contributed by atoms with Gasteiger partial charge in [0, 0.05) is 29.6 Å². The lowest BCUT2D eigenvalue weighted by Gasteiger charge is -2.30. The molecule has 0 saturated heterocycles. The number of fused-ring (bicyclic) bond motifs is 2. The molecule has 156 valence electrons. The number of rotatable bonds is 4. The van der Waals surface area contributed by atoms with E-state index in [2.05, 4.69) is 4.90 Å². The first-order chi connectivity index (χ1) is 14.4. The second-order valence-corrected chi connectivity index (χ2v) is 7.50. The van der Waals surface area contributed by atoms with E-state index in [4.69, 9.17) is 13.9 Å². The molecule has 0 atom stereocenters. The summed E-state index contributed by atoms with van der Waals surface area (Å²) in [6.07, 6.45) is -0.135. The van der Waals surface area contributed by atoms with E-state index in [1.807, 2.05) is 19.9 Å². The van der Waals surface area contributed by atoms with Crippen LogP contribution in [0.15, 0.2) is 39.5 Å². The van der Waals surface area contributed by atoms with Gasteiger partial charge < -0.3 is 13.9 Å². The predicted molar refractivity (Wildman–Crippen MR) is 109 cm³/mol. The molecule has 30 heavy (non-hydrogen) atoms. The molecule has 2 aromatic carbocycles. The number of ether oxygens (including phenoxy) is 2. The number of carbonyl (C=O) groups is 1. The van der Waals surface area contributed by atoms with Crippen LogP contribution in [0.5, 0.6) is 5.75 Å². The van der Waals surface area contributed by atoms with Gasteiger partial charge >= 0.3 is 11.6 Å². The predicted octanol–water partition coefficient (Wildman–Crippen LogP) is 3.62. The molecule has 2 heterocycles. The van der Waals surface area contributed by atoms with Crippen molar-refractivity contribution in [1.29, 1.82) is 0 Å². The van der Waals surface area contributed by atoms with Gasteiger partial charge in [0.05, 0.1) is 19.1 Å². The zero-order valence-electron chi connectivity index (χ0n) is 17.1. The van der Waals surface area contributed by atoms with Gasteiger partial charge in [-0.05, 0) is 43.2 Å². The van der Waals surface area contributed by atoms with Crippen molar-refractivity contribution < 1.29 is 23.1 Å². The van der Waals surface area contributed by atoms with Crippen LogP contribution in [0.2, 0.25) is 0 Å². The number of hydrogen-bond acceptors (Lipinski definition) is 6. The van der Waals surface area contributed by atoms with Crippen LogP contribution in [-0.4, -0.2) is 24.7 Å². The maximum absolute atomic E-state index is 13.2. The third-order valence-electron chi connectivity index (χ3n) is 5.49. The fourth-order valence-corrected chi connectivity index (χ4v) is 3.86. The second kappa shape index (κ2) is 7.91. The molecule has 0 radical (unpaired) electrons. The lowest BCUT2D eigenvalue weighted by Crippen LogP contribution is -2.32. The zero-order valence-corrected chi connectivity index (χ0v) is 17.1. The molecule has 0 spiro atoms. The molecule has 0 saturated carbocycles. The molecule has 0 aliphatic carbocycles. The first-order valence-corrected chi connectivity index (χ1v) is 9.62. The minimum Gasteiger partial charge on any atom is -0.477 e. The average Bonchev–Trinajstić information content (AvgIpc) is 2.73. The van der Waals surface area contributed by atoms with E-state index in [0.29, 0.717) is 42.3 Å². The standard InChI is InChI=1S/C23H22FNO5/c1-13-18-8-16-11-25(10-15-4-6-17(24)7-5-15)12-29-21(16)14(2)22(18)30-23(27)19(13)9-20(26)28-3/h4-8H,9-12H2,1-3H3. The highest BCUT2D eigenvalue weighted by molar-refractivity contribution is 5.88. The van der Waals surface area contributed by atoms with Gasteiger partial charge in [0.1, 0.15) is 23.9 Å². The summed E-state index contributed by atoms with van der Waals surface area (Å²) >= 11 is 0. The van der Waals surface area contributed by atoms with Gasteiger partial charge in [-0.1, -0.05) is 12.1 Å². The Labute approximate surface area is 172 Å². The zero-order chi connectivity index (χ0) is 21.4. The number of benzene rings is 2. The van der Waals surface area contributed by atoms with E-state index in [1.54, 1.807) is 12.1 Å². The van der Waals surface area contributed by atoms with E-state index >= 15 is 0 Å². The topological polar surface area (TPSA) is 69.0 Å². The van der Waals surface area contributed by atoms with E-state index in [0.717, 1.165) is 22.1 Å². The van der Waals surface area contributed by atoms with E-state index in [-0.39, 0.29) is 12.2 Å². The molecule has 0 amide bonds. The van der Waals surface area contributed by atoms with Crippen molar-refractivity contribution in [3.05, 3.63) is 74.4 Å². The summed E-state index contributed by atoms with van der Waals surface area (Å²) < 4.78 is 29.4. The van der Waals surface area contributed by atoms with Gasteiger partial charge in [0.2, 0.25) is 0 Å². The number of carbonyl (C=O) groups excluding carboxylic acids is 1. The molecular formula is C23H22FNO5. The Morgan fingerprint density at radius 3 is 2.63 bits per heavy atom. The van der Waals surface area contributed by atoms with Crippen LogP contribution in [0.1, 0.15) is 27.8 Å². The number of methoxy groups -OCH3 is 1. The minimum absolute atomic E-state index is 0.135. The van der Waals surface area contributed by atoms with Crippen molar-refractivity contribution >= 4 is 16.9 Å². The summed E-state index contributed by atoms with van der Waals surface area (Å²) in [7, 11) is 1.29. The monoisotopic (exact) mass is 411 g/mol. The number of nitrogens with zero attached hydrogens (tertiary/aromatic N) is 1. The Morgan fingerprint density at radius 1 is 1.20 bits per heavy atom. The van der Waals surface area contributed by atoms with E-state index in [9.17, 15) is 14.0 Å². The third kappa shape index (κ3) is 3.68. The van der Waals surface area contributed by atoms with E-state index < -0.39 is 11.6 Å². The first kappa shape index (κ1) is 20.1. The van der Waals surface area contributed by atoms with Gasteiger partial charge in [-0.2, -0.15) is 0 Å². The summed E-state index contributed by atoms with van der Waals surface area (Å²) in [5.74, 6) is -0.0461. The summed E-state index contributed by atoms with van der Waals surface area (Å²) in [6, 6.07) is 8.36. The molecule has 0 unspecified atom stereocenters. The van der Waals surface area contributed by atoms with Crippen LogP contribution in [0.25, 0.3) is 11.0 Å². The molecule has 4 rings (SSSR count). The largest absolute Gasteiger partial charge is 0.477 e. The van der Waals surface area contributed by atoms with Gasteiger partial charge in [-0.25, -0.2) is 9.18 Å². The van der Waals surface area contributed by atoms with Gasteiger partial charge in [0.25, 0.3) is 0 Å². The lowest BCUT2D eigenvalue weighted by atomic mass is 9.97. The molecule has 7 heteroatoms. The number of hydrogen-bond donors (Lipinski definition) is 0. The molecule has 0 fully saturated rings. The maximum atomic E-state index is 13.2. The summed E-state index contributed by atoms with van der Waals surface area (Å²) in [4.78, 5) is 26.3. The Kier molecular flexibility index (Phi) is 5.30. The van der Waals surface area contributed by atoms with Crippen molar-refractivity contribution in [3.63, 3.8) is 0 Å². The fraction of sp³-hybridized carbons (Fsp3) is 0.304. The van der Waals surface area contributed by atoms with Crippen LogP contribution in [0.3, 0.4) is 0 Å². The molecule has 3 aromatic rings.